The van der Waals surface area contributed by atoms with E-state index in [0.717, 1.165) is 12.2 Å². The van der Waals surface area contributed by atoms with E-state index < -0.39 is 5.91 Å². The van der Waals surface area contributed by atoms with Crippen molar-refractivity contribution in [3.8, 4) is 0 Å². The summed E-state index contributed by atoms with van der Waals surface area (Å²) < 4.78 is 0. The second-order valence-corrected chi connectivity index (χ2v) is 5.95. The average molecular weight is 275 g/mol. The van der Waals surface area contributed by atoms with Gasteiger partial charge in [-0.25, -0.2) is 0 Å². The number of nitrogens with zero attached hydrogens (tertiary/aromatic N) is 1. The van der Waals surface area contributed by atoms with E-state index >= 15 is 0 Å². The van der Waals surface area contributed by atoms with Crippen LogP contribution >= 0.6 is 11.3 Å². The highest BCUT2D eigenvalue weighted by Gasteiger charge is 2.22. The molecule has 2 rings (SSSR count). The van der Waals surface area contributed by atoms with Crippen LogP contribution in [0.15, 0.2) is 36.0 Å². The van der Waals surface area contributed by atoms with E-state index in [-0.39, 0.29) is 5.41 Å². The molecule has 0 bridgehead atoms. The SMILES string of the molecule is CC(C)(CNc1ccncc1C(N)=O)c1cccs1. The van der Waals surface area contributed by atoms with E-state index in [1.807, 2.05) is 6.07 Å². The third-order valence-corrected chi connectivity index (χ3v) is 4.23. The van der Waals surface area contributed by atoms with Gasteiger partial charge in [0.25, 0.3) is 5.91 Å². The highest BCUT2D eigenvalue weighted by molar-refractivity contribution is 7.10. The molecule has 2 aromatic rings. The van der Waals surface area contributed by atoms with E-state index in [1.54, 1.807) is 23.6 Å². The summed E-state index contributed by atoms with van der Waals surface area (Å²) in [6, 6.07) is 5.93. The largest absolute Gasteiger partial charge is 0.383 e. The number of hydrogen-bond donors (Lipinski definition) is 2. The van der Waals surface area contributed by atoms with Crippen LogP contribution in [0.2, 0.25) is 0 Å². The molecule has 4 nitrogen and oxygen atoms in total. The topological polar surface area (TPSA) is 68.0 Å². The van der Waals surface area contributed by atoms with Crippen LogP contribution in [0.5, 0.6) is 0 Å². The number of hydrogen-bond acceptors (Lipinski definition) is 4. The van der Waals surface area contributed by atoms with Crippen molar-refractivity contribution in [3.63, 3.8) is 0 Å². The number of rotatable bonds is 5. The van der Waals surface area contributed by atoms with Crippen LogP contribution in [0.3, 0.4) is 0 Å². The van der Waals surface area contributed by atoms with E-state index in [9.17, 15) is 4.79 Å². The summed E-state index contributed by atoms with van der Waals surface area (Å²) in [5.41, 5.74) is 6.47. The molecule has 0 saturated carbocycles. The van der Waals surface area contributed by atoms with E-state index in [0.29, 0.717) is 5.56 Å². The van der Waals surface area contributed by atoms with Gasteiger partial charge in [-0.05, 0) is 17.5 Å². The molecule has 0 aliphatic heterocycles. The first-order chi connectivity index (χ1) is 9.00. The first-order valence-electron chi connectivity index (χ1n) is 6.02. The summed E-state index contributed by atoms with van der Waals surface area (Å²) in [6.45, 7) is 5.05. The second-order valence-electron chi connectivity index (χ2n) is 5.00. The number of pyridine rings is 1. The van der Waals surface area contributed by atoms with Crippen LogP contribution in [-0.4, -0.2) is 17.4 Å². The lowest BCUT2D eigenvalue weighted by atomic mass is 9.91. The number of primary amides is 1. The van der Waals surface area contributed by atoms with Gasteiger partial charge in [0.15, 0.2) is 0 Å². The van der Waals surface area contributed by atoms with Crippen LogP contribution in [0, 0.1) is 0 Å². The number of anilines is 1. The number of nitrogens with two attached hydrogens (primary N) is 1. The maximum atomic E-state index is 11.3. The molecule has 0 unspecified atom stereocenters. The molecule has 5 heteroatoms. The maximum absolute atomic E-state index is 11.3. The Kier molecular flexibility index (Phi) is 3.85. The van der Waals surface area contributed by atoms with Gasteiger partial charge in [0.05, 0.1) is 11.3 Å². The van der Waals surface area contributed by atoms with E-state index in [4.69, 9.17) is 5.73 Å². The summed E-state index contributed by atoms with van der Waals surface area (Å²) in [4.78, 5) is 16.5. The molecule has 0 spiro atoms. The van der Waals surface area contributed by atoms with Crippen molar-refractivity contribution in [1.82, 2.24) is 4.98 Å². The van der Waals surface area contributed by atoms with Gasteiger partial charge in [-0.2, -0.15) is 0 Å². The summed E-state index contributed by atoms with van der Waals surface area (Å²) in [6.07, 6.45) is 3.13. The zero-order valence-corrected chi connectivity index (χ0v) is 11.8. The summed E-state index contributed by atoms with van der Waals surface area (Å²) >= 11 is 1.73. The molecular weight excluding hydrogens is 258 g/mol. The Morgan fingerprint density at radius 3 is 2.89 bits per heavy atom. The Bertz CT molecular complexity index is 564. The number of aromatic nitrogens is 1. The minimum Gasteiger partial charge on any atom is -0.383 e. The van der Waals surface area contributed by atoms with Crippen LogP contribution in [0.1, 0.15) is 29.1 Å². The lowest BCUT2D eigenvalue weighted by Gasteiger charge is -2.24. The fourth-order valence-electron chi connectivity index (χ4n) is 1.81. The molecule has 0 fully saturated rings. The zero-order chi connectivity index (χ0) is 13.9. The van der Waals surface area contributed by atoms with Gasteiger partial charge in [0.2, 0.25) is 0 Å². The molecule has 0 aliphatic rings. The Morgan fingerprint density at radius 1 is 1.47 bits per heavy atom. The Hall–Kier alpha value is -1.88. The predicted molar refractivity (Wildman–Crippen MR) is 78.6 cm³/mol. The molecule has 2 aromatic heterocycles. The number of carbonyl (C=O) groups is 1. The minimum absolute atomic E-state index is 0.00759. The second kappa shape index (κ2) is 5.40. The summed E-state index contributed by atoms with van der Waals surface area (Å²) in [5.74, 6) is -0.468. The van der Waals surface area contributed by atoms with Gasteiger partial charge < -0.3 is 11.1 Å². The fraction of sp³-hybridized carbons (Fsp3) is 0.286. The molecule has 2 heterocycles. The van der Waals surface area contributed by atoms with Crippen LogP contribution in [-0.2, 0) is 5.41 Å². The molecule has 0 aliphatic carbocycles. The highest BCUT2D eigenvalue weighted by atomic mass is 32.1. The predicted octanol–water partition coefficient (Wildman–Crippen LogP) is 2.63. The van der Waals surface area contributed by atoms with Crippen LogP contribution in [0.25, 0.3) is 0 Å². The molecule has 0 radical (unpaired) electrons. The first-order valence-corrected chi connectivity index (χ1v) is 6.90. The monoisotopic (exact) mass is 275 g/mol. The Balaban J connectivity index is 2.13. The first kappa shape index (κ1) is 13.5. The van der Waals surface area contributed by atoms with E-state index in [1.165, 1.54) is 11.1 Å². The Morgan fingerprint density at radius 2 is 2.26 bits per heavy atom. The molecule has 0 saturated heterocycles. The van der Waals surface area contributed by atoms with Crippen LogP contribution < -0.4 is 11.1 Å². The van der Waals surface area contributed by atoms with Crippen molar-refractivity contribution >= 4 is 22.9 Å². The van der Waals surface area contributed by atoms with Crippen LogP contribution in [0.4, 0.5) is 5.69 Å². The quantitative estimate of drug-likeness (QED) is 0.881. The lowest BCUT2D eigenvalue weighted by molar-refractivity contribution is 0.100. The van der Waals surface area contributed by atoms with Gasteiger partial charge in [-0.15, -0.1) is 11.3 Å². The molecule has 100 valence electrons. The number of amides is 1. The standard InChI is InChI=1S/C14H17N3OS/c1-14(2,12-4-3-7-19-12)9-17-11-5-6-16-8-10(11)13(15)18/h3-8H,9H2,1-2H3,(H2,15,18)(H,16,17). The molecule has 3 N–H and O–H groups in total. The van der Waals surface area contributed by atoms with Crippen molar-refractivity contribution in [2.45, 2.75) is 19.3 Å². The van der Waals surface area contributed by atoms with Gasteiger partial charge in [0, 0.05) is 29.2 Å². The fourth-order valence-corrected chi connectivity index (χ4v) is 2.66. The van der Waals surface area contributed by atoms with Gasteiger partial charge in [0.1, 0.15) is 0 Å². The Labute approximate surface area is 116 Å². The third-order valence-electron chi connectivity index (χ3n) is 3.00. The number of thiophene rings is 1. The smallest absolute Gasteiger partial charge is 0.252 e. The average Bonchev–Trinajstić information content (AvgIpc) is 2.91. The maximum Gasteiger partial charge on any atom is 0.252 e. The zero-order valence-electron chi connectivity index (χ0n) is 11.0. The molecular formula is C14H17N3OS. The molecule has 1 amide bonds. The molecule has 0 aromatic carbocycles. The van der Waals surface area contributed by atoms with E-state index in [2.05, 4.69) is 35.6 Å². The molecule has 19 heavy (non-hydrogen) atoms. The number of carbonyl (C=O) groups excluding carboxylic acids is 1. The van der Waals surface area contributed by atoms with Crippen molar-refractivity contribution < 1.29 is 4.79 Å². The minimum atomic E-state index is -0.468. The number of nitrogens with one attached hydrogen (secondary N) is 1. The third kappa shape index (κ3) is 3.12. The normalized spacial score (nSPS) is 11.3. The van der Waals surface area contributed by atoms with Gasteiger partial charge in [-0.1, -0.05) is 19.9 Å². The van der Waals surface area contributed by atoms with Crippen molar-refractivity contribution in [2.75, 3.05) is 11.9 Å². The van der Waals surface area contributed by atoms with Gasteiger partial charge in [-0.3, -0.25) is 9.78 Å². The van der Waals surface area contributed by atoms with Crippen molar-refractivity contribution in [2.24, 2.45) is 5.73 Å². The summed E-state index contributed by atoms with van der Waals surface area (Å²) in [5, 5.41) is 5.36. The summed E-state index contributed by atoms with van der Waals surface area (Å²) in [7, 11) is 0. The van der Waals surface area contributed by atoms with Crippen molar-refractivity contribution in [3.05, 3.63) is 46.4 Å². The van der Waals surface area contributed by atoms with Gasteiger partial charge >= 0.3 is 0 Å². The molecule has 0 atom stereocenters. The highest BCUT2D eigenvalue weighted by Crippen LogP contribution is 2.28. The van der Waals surface area contributed by atoms with Crippen molar-refractivity contribution in [1.29, 1.82) is 0 Å². The lowest BCUT2D eigenvalue weighted by Crippen LogP contribution is -2.27.